The van der Waals surface area contributed by atoms with E-state index in [9.17, 15) is 8.42 Å². The maximum absolute atomic E-state index is 9.89. The summed E-state index contributed by atoms with van der Waals surface area (Å²) in [6.07, 6.45) is 0.577. The Morgan fingerprint density at radius 1 is 1.78 bits per heavy atom. The predicted molar refractivity (Wildman–Crippen MR) is 32.3 cm³/mol. The highest BCUT2D eigenvalue weighted by Gasteiger charge is 2.07. The van der Waals surface area contributed by atoms with Crippen molar-refractivity contribution in [3.05, 3.63) is 12.7 Å². The van der Waals surface area contributed by atoms with E-state index in [-0.39, 0.29) is 0 Å². The summed E-state index contributed by atoms with van der Waals surface area (Å²) < 4.78 is 31.8. The maximum Gasteiger partial charge on any atom is 0.397 e. The molecule has 1 unspecified atom stereocenters. The zero-order valence-corrected chi connectivity index (χ0v) is 5.76. The van der Waals surface area contributed by atoms with Gasteiger partial charge in [0, 0.05) is 0 Å². The monoisotopic (exact) mass is 152 g/mol. The molecule has 4 nitrogen and oxygen atoms in total. The molecule has 0 aromatic rings. The molecule has 0 heterocycles. The Bertz CT molecular complexity index is 181. The van der Waals surface area contributed by atoms with E-state index in [1.807, 2.05) is 0 Å². The van der Waals surface area contributed by atoms with Crippen molar-refractivity contribution in [2.45, 2.75) is 13.0 Å². The van der Waals surface area contributed by atoms with E-state index in [4.69, 9.17) is 4.55 Å². The topological polar surface area (TPSA) is 63.6 Å². The maximum atomic E-state index is 9.89. The van der Waals surface area contributed by atoms with Crippen LogP contribution in [0.25, 0.3) is 0 Å². The summed E-state index contributed by atoms with van der Waals surface area (Å²) in [5.41, 5.74) is 0. The second-order valence-corrected chi connectivity index (χ2v) is 2.51. The van der Waals surface area contributed by atoms with Crippen LogP contribution < -0.4 is 0 Å². The minimum Gasteiger partial charge on any atom is -0.264 e. The third-order valence-corrected chi connectivity index (χ3v) is 1.15. The van der Waals surface area contributed by atoms with Crippen LogP contribution in [-0.2, 0) is 14.6 Å². The summed E-state index contributed by atoms with van der Waals surface area (Å²) in [6, 6.07) is 0. The highest BCUT2D eigenvalue weighted by atomic mass is 32.3. The molecule has 0 radical (unpaired) electrons. The summed E-state index contributed by atoms with van der Waals surface area (Å²) in [5, 5.41) is 0. The highest BCUT2D eigenvalue weighted by molar-refractivity contribution is 7.80. The average molecular weight is 152 g/mol. The predicted octanol–water partition coefficient (Wildman–Crippen LogP) is 0.380. The van der Waals surface area contributed by atoms with E-state index in [2.05, 4.69) is 10.8 Å². The lowest BCUT2D eigenvalue weighted by Crippen LogP contribution is -2.11. The van der Waals surface area contributed by atoms with Crippen LogP contribution >= 0.6 is 0 Å². The van der Waals surface area contributed by atoms with Crippen LogP contribution in [0, 0.1) is 0 Å². The highest BCUT2D eigenvalue weighted by Crippen LogP contribution is 1.95. The number of rotatable bonds is 3. The first-order valence-corrected chi connectivity index (χ1v) is 3.60. The largest absolute Gasteiger partial charge is 0.397 e. The molecule has 0 bridgehead atoms. The van der Waals surface area contributed by atoms with Crippen molar-refractivity contribution >= 4 is 10.4 Å². The van der Waals surface area contributed by atoms with Gasteiger partial charge in [-0.05, 0) is 6.92 Å². The van der Waals surface area contributed by atoms with Crippen LogP contribution in [0.1, 0.15) is 6.92 Å². The van der Waals surface area contributed by atoms with Gasteiger partial charge in [0.25, 0.3) is 0 Å². The lowest BCUT2D eigenvalue weighted by Gasteiger charge is -2.01. The fourth-order valence-corrected chi connectivity index (χ4v) is 0.693. The Morgan fingerprint density at radius 3 is 2.33 bits per heavy atom. The zero-order valence-electron chi connectivity index (χ0n) is 4.94. The average Bonchev–Trinajstić information content (AvgIpc) is 1.62. The standard InChI is InChI=1S/C4H8O4S/c1-3-4(2)8-9(5,6)7/h3-4H,1H2,2H3,(H,5,6,7). The summed E-state index contributed by atoms with van der Waals surface area (Å²) >= 11 is 0. The first kappa shape index (κ1) is 8.61. The third kappa shape index (κ3) is 5.48. The quantitative estimate of drug-likeness (QED) is 0.469. The first-order valence-electron chi connectivity index (χ1n) is 2.24. The van der Waals surface area contributed by atoms with Gasteiger partial charge in [0.2, 0.25) is 0 Å². The minimum absolute atomic E-state index is 0.681. The number of hydrogen-bond donors (Lipinski definition) is 1. The van der Waals surface area contributed by atoms with E-state index < -0.39 is 16.5 Å². The number of hydrogen-bond acceptors (Lipinski definition) is 3. The molecule has 0 aromatic carbocycles. The lowest BCUT2D eigenvalue weighted by atomic mass is 10.4. The van der Waals surface area contributed by atoms with E-state index in [1.54, 1.807) is 0 Å². The molecule has 5 heteroatoms. The van der Waals surface area contributed by atoms with E-state index in [1.165, 1.54) is 13.0 Å². The Labute approximate surface area is 54.1 Å². The van der Waals surface area contributed by atoms with E-state index >= 15 is 0 Å². The van der Waals surface area contributed by atoms with Crippen LogP contribution in [0.15, 0.2) is 12.7 Å². The van der Waals surface area contributed by atoms with Crippen LogP contribution in [-0.4, -0.2) is 19.1 Å². The van der Waals surface area contributed by atoms with Gasteiger partial charge in [0.05, 0.1) is 6.10 Å². The van der Waals surface area contributed by atoms with Crippen molar-refractivity contribution in [2.75, 3.05) is 0 Å². The molecule has 1 N–H and O–H groups in total. The fourth-order valence-electron chi connectivity index (χ4n) is 0.231. The van der Waals surface area contributed by atoms with Crippen molar-refractivity contribution < 1.29 is 17.2 Å². The molecule has 0 aliphatic carbocycles. The van der Waals surface area contributed by atoms with Gasteiger partial charge in [-0.2, -0.15) is 8.42 Å². The van der Waals surface area contributed by atoms with Gasteiger partial charge in [-0.3, -0.25) is 4.55 Å². The van der Waals surface area contributed by atoms with Gasteiger partial charge in [-0.1, -0.05) is 6.08 Å². The summed E-state index contributed by atoms with van der Waals surface area (Å²) in [5.74, 6) is 0. The Morgan fingerprint density at radius 2 is 2.22 bits per heavy atom. The van der Waals surface area contributed by atoms with Crippen molar-refractivity contribution in [1.29, 1.82) is 0 Å². The molecule has 54 valence electrons. The summed E-state index contributed by atoms with van der Waals surface area (Å²) in [6.45, 7) is 4.69. The first-order chi connectivity index (χ1) is 3.95. The van der Waals surface area contributed by atoms with Crippen molar-refractivity contribution in [2.24, 2.45) is 0 Å². The molecule has 9 heavy (non-hydrogen) atoms. The molecule has 0 saturated heterocycles. The SMILES string of the molecule is C=CC(C)OS(=O)(=O)O. The van der Waals surface area contributed by atoms with Crippen LogP contribution in [0.3, 0.4) is 0 Å². The molecule has 0 amide bonds. The van der Waals surface area contributed by atoms with Crippen LogP contribution in [0.4, 0.5) is 0 Å². The molecule has 0 saturated carbocycles. The zero-order chi connectivity index (χ0) is 7.49. The molecule has 0 spiro atoms. The molecule has 0 aromatic heterocycles. The third-order valence-electron chi connectivity index (χ3n) is 0.605. The molecular formula is C4H8O4S. The Hall–Kier alpha value is -0.390. The van der Waals surface area contributed by atoms with Crippen molar-refractivity contribution in [3.63, 3.8) is 0 Å². The van der Waals surface area contributed by atoms with E-state index in [0.29, 0.717) is 0 Å². The molecule has 0 fully saturated rings. The van der Waals surface area contributed by atoms with Gasteiger partial charge < -0.3 is 0 Å². The summed E-state index contributed by atoms with van der Waals surface area (Å²) in [7, 11) is -4.31. The molecule has 0 rings (SSSR count). The summed E-state index contributed by atoms with van der Waals surface area (Å²) in [4.78, 5) is 0. The smallest absolute Gasteiger partial charge is 0.264 e. The van der Waals surface area contributed by atoms with Gasteiger partial charge in [-0.25, -0.2) is 4.18 Å². The van der Waals surface area contributed by atoms with Gasteiger partial charge in [0.15, 0.2) is 0 Å². The Balaban J connectivity index is 3.89. The van der Waals surface area contributed by atoms with Crippen LogP contribution in [0.5, 0.6) is 0 Å². The minimum atomic E-state index is -4.31. The fraction of sp³-hybridized carbons (Fsp3) is 0.500. The van der Waals surface area contributed by atoms with Crippen molar-refractivity contribution in [3.8, 4) is 0 Å². The molecule has 0 aliphatic heterocycles. The van der Waals surface area contributed by atoms with E-state index in [0.717, 1.165) is 0 Å². The Kier molecular flexibility index (Phi) is 2.83. The molecular weight excluding hydrogens is 144 g/mol. The van der Waals surface area contributed by atoms with Crippen LogP contribution in [0.2, 0.25) is 0 Å². The van der Waals surface area contributed by atoms with Gasteiger partial charge in [0.1, 0.15) is 0 Å². The molecule has 1 atom stereocenters. The van der Waals surface area contributed by atoms with Gasteiger partial charge in [-0.15, -0.1) is 6.58 Å². The molecule has 0 aliphatic rings. The van der Waals surface area contributed by atoms with Crippen molar-refractivity contribution in [1.82, 2.24) is 0 Å². The normalized spacial score (nSPS) is 14.9. The lowest BCUT2D eigenvalue weighted by molar-refractivity contribution is 0.234. The second kappa shape index (κ2) is 2.95. The second-order valence-electron chi connectivity index (χ2n) is 1.46. The van der Waals surface area contributed by atoms with Gasteiger partial charge >= 0.3 is 10.4 Å².